The summed E-state index contributed by atoms with van der Waals surface area (Å²) in [6.07, 6.45) is 8.19. The first-order valence-corrected chi connectivity index (χ1v) is 19.3. The van der Waals surface area contributed by atoms with Gasteiger partial charge in [0.25, 0.3) is 0 Å². The van der Waals surface area contributed by atoms with E-state index in [2.05, 4.69) is 0 Å². The number of hydrogen-bond acceptors (Lipinski definition) is 6. The molecule has 8 nitrogen and oxygen atoms in total. The fourth-order valence-corrected chi connectivity index (χ4v) is 7.51. The zero-order valence-electron chi connectivity index (χ0n) is 33.4. The second kappa shape index (κ2) is 16.4. The van der Waals surface area contributed by atoms with E-state index in [1.807, 2.05) is 98.7 Å². The molecule has 58 heavy (non-hydrogen) atoms. The van der Waals surface area contributed by atoms with Gasteiger partial charge in [-0.2, -0.15) is 0 Å². The van der Waals surface area contributed by atoms with Crippen molar-refractivity contribution < 1.29 is 32.2 Å². The SMILES string of the molecule is CCOC(=O)C1=C(c2ccccc2)C2=Cc3c(-c4ccccc4)c(C(=O)OCC)c(/C=C/c4ccc(N(C)C)cc4)n3[B-](F)(F)[N+]2=C1/C=C/c1ccc(N(C)C)cc1. The van der Waals surface area contributed by atoms with Crippen LogP contribution in [0.15, 0.2) is 127 Å². The van der Waals surface area contributed by atoms with E-state index in [0.29, 0.717) is 22.3 Å². The number of carbonyl (C=O) groups is 2. The van der Waals surface area contributed by atoms with Crippen molar-refractivity contribution in [1.82, 2.24) is 4.48 Å². The number of halogens is 2. The van der Waals surface area contributed by atoms with Crippen molar-refractivity contribution in [3.63, 3.8) is 0 Å². The number of esters is 2. The van der Waals surface area contributed by atoms with Crippen LogP contribution in [0, 0.1) is 0 Å². The predicted octanol–water partition coefficient (Wildman–Crippen LogP) is 9.41. The van der Waals surface area contributed by atoms with E-state index < -0.39 is 18.9 Å². The van der Waals surface area contributed by atoms with Gasteiger partial charge in [0.1, 0.15) is 5.57 Å². The highest BCUT2D eigenvalue weighted by molar-refractivity contribution is 6.60. The highest BCUT2D eigenvalue weighted by Crippen LogP contribution is 2.47. The van der Waals surface area contributed by atoms with Gasteiger partial charge in [-0.15, -0.1) is 0 Å². The van der Waals surface area contributed by atoms with Crippen molar-refractivity contribution in [1.29, 1.82) is 0 Å². The molecule has 0 saturated carbocycles. The number of anilines is 2. The van der Waals surface area contributed by atoms with Crippen LogP contribution in [0.5, 0.6) is 0 Å². The Kier molecular flexibility index (Phi) is 11.2. The molecule has 0 N–H and O–H groups in total. The van der Waals surface area contributed by atoms with Gasteiger partial charge >= 0.3 is 18.9 Å². The Labute approximate surface area is 338 Å². The molecule has 3 heterocycles. The smallest absolute Gasteiger partial charge is 0.462 e. The van der Waals surface area contributed by atoms with Gasteiger partial charge in [0.2, 0.25) is 0 Å². The molecule has 0 bridgehead atoms. The number of fused-ring (bicyclic) bond motifs is 2. The van der Waals surface area contributed by atoms with E-state index >= 15 is 8.63 Å². The minimum atomic E-state index is -4.84. The third kappa shape index (κ3) is 7.31. The summed E-state index contributed by atoms with van der Waals surface area (Å²) < 4.78 is 49.8. The third-order valence-electron chi connectivity index (χ3n) is 10.2. The van der Waals surface area contributed by atoms with Gasteiger partial charge in [-0.05, 0) is 72.5 Å². The molecular weight excluding hydrogens is 733 g/mol. The van der Waals surface area contributed by atoms with E-state index in [4.69, 9.17) is 9.47 Å². The number of hydrogen-bond donors (Lipinski definition) is 0. The molecule has 0 spiro atoms. The average Bonchev–Trinajstić information content (AvgIpc) is 3.74. The maximum absolute atomic E-state index is 18.3. The molecule has 2 aliphatic heterocycles. The van der Waals surface area contributed by atoms with Crippen molar-refractivity contribution in [2.75, 3.05) is 51.2 Å². The van der Waals surface area contributed by atoms with Crippen LogP contribution in [0.1, 0.15) is 52.3 Å². The molecule has 0 radical (unpaired) electrons. The quantitative estimate of drug-likeness (QED) is 0.0930. The summed E-state index contributed by atoms with van der Waals surface area (Å²) in [6.45, 7) is -1.38. The molecule has 2 aliphatic rings. The minimum Gasteiger partial charge on any atom is -0.462 e. The fraction of sp³-hybridized carbons (Fsp3) is 0.170. The van der Waals surface area contributed by atoms with Crippen LogP contribution in [0.2, 0.25) is 0 Å². The monoisotopic (exact) mass is 778 g/mol. The zero-order chi connectivity index (χ0) is 41.1. The molecule has 11 heteroatoms. The predicted molar refractivity (Wildman–Crippen MR) is 232 cm³/mol. The molecule has 294 valence electrons. The van der Waals surface area contributed by atoms with Crippen LogP contribution in [0.3, 0.4) is 0 Å². The lowest BCUT2D eigenvalue weighted by atomic mass is 9.87. The lowest BCUT2D eigenvalue weighted by molar-refractivity contribution is -0.358. The van der Waals surface area contributed by atoms with Gasteiger partial charge in [0, 0.05) is 68.7 Å². The Hall–Kier alpha value is -6.75. The number of carbonyl (C=O) groups excluding carboxylic acids is 2. The van der Waals surface area contributed by atoms with E-state index in [0.717, 1.165) is 31.5 Å². The average molecular weight is 779 g/mol. The number of benzene rings is 4. The topological polar surface area (TPSA) is 67.0 Å². The zero-order valence-corrected chi connectivity index (χ0v) is 33.4. The minimum absolute atomic E-state index is 0.0118. The number of allylic oxidation sites excluding steroid dienone is 2. The van der Waals surface area contributed by atoms with Gasteiger partial charge in [-0.3, -0.25) is 0 Å². The second-order valence-corrected chi connectivity index (χ2v) is 14.3. The highest BCUT2D eigenvalue weighted by Gasteiger charge is 2.58. The molecule has 5 aromatic rings. The lowest BCUT2D eigenvalue weighted by Gasteiger charge is -2.31. The summed E-state index contributed by atoms with van der Waals surface area (Å²) in [5, 5.41) is 0. The van der Waals surface area contributed by atoms with E-state index in [1.165, 1.54) is 0 Å². The van der Waals surface area contributed by atoms with Gasteiger partial charge in [-0.1, -0.05) is 91.0 Å². The van der Waals surface area contributed by atoms with E-state index in [-0.39, 0.29) is 47.1 Å². The van der Waals surface area contributed by atoms with Crippen molar-refractivity contribution in [2.24, 2.45) is 0 Å². The third-order valence-corrected chi connectivity index (χ3v) is 10.2. The Bertz CT molecular complexity index is 2520. The van der Waals surface area contributed by atoms with Crippen LogP contribution >= 0.6 is 0 Å². The summed E-state index contributed by atoms with van der Waals surface area (Å²) in [6, 6.07) is 33.3. The van der Waals surface area contributed by atoms with E-state index in [9.17, 15) is 9.59 Å². The van der Waals surface area contributed by atoms with Gasteiger partial charge in [-0.25, -0.2) is 9.59 Å². The summed E-state index contributed by atoms with van der Waals surface area (Å²) in [4.78, 5) is 32.2. The molecule has 0 saturated heterocycles. The van der Waals surface area contributed by atoms with Crippen LogP contribution in [-0.4, -0.2) is 75.0 Å². The molecule has 7 rings (SSSR count). The molecule has 0 amide bonds. The normalized spacial score (nSPS) is 14.4. The van der Waals surface area contributed by atoms with Crippen molar-refractivity contribution >= 4 is 65.9 Å². The summed E-state index contributed by atoms with van der Waals surface area (Å²) in [5.74, 6) is -1.46. The molecule has 1 aromatic heterocycles. The van der Waals surface area contributed by atoms with Crippen LogP contribution in [0.25, 0.3) is 41.0 Å². The van der Waals surface area contributed by atoms with Gasteiger partial charge in [0.15, 0.2) is 11.4 Å². The van der Waals surface area contributed by atoms with Gasteiger partial charge in [0.05, 0.1) is 24.4 Å². The largest absolute Gasteiger partial charge is 0.737 e. The van der Waals surface area contributed by atoms with Crippen molar-refractivity contribution in [3.05, 3.63) is 160 Å². The first kappa shape index (κ1) is 39.5. The Balaban J connectivity index is 1.57. The molecule has 0 atom stereocenters. The van der Waals surface area contributed by atoms with Gasteiger partial charge < -0.3 is 36.9 Å². The van der Waals surface area contributed by atoms with Crippen molar-refractivity contribution in [2.45, 2.75) is 13.8 Å². The van der Waals surface area contributed by atoms with Crippen LogP contribution in [0.4, 0.5) is 20.0 Å². The maximum Gasteiger partial charge on any atom is 0.737 e. The maximum atomic E-state index is 18.3. The Morgan fingerprint density at radius 3 is 1.69 bits per heavy atom. The summed E-state index contributed by atoms with van der Waals surface area (Å²) in [7, 11) is 7.74. The lowest BCUT2D eigenvalue weighted by Crippen LogP contribution is -2.51. The summed E-state index contributed by atoms with van der Waals surface area (Å²) in [5.41, 5.74) is 5.32. The first-order chi connectivity index (χ1) is 28.0. The standard InChI is InChI=1S/C47H45BF2N4O4/c1-7-57-46(55)44-38(29-23-32-19-25-36(26-20-32)51(3)4)53-40(42(44)34-15-11-9-12-16-34)31-41-43(35-17-13-10-14-18-35)45(47(56)58-8-2)39(54(41)48(53,49)50)30-24-33-21-27-37(28-22-33)52(5)6/h9-31H,7-8H2,1-6H3/b29-23+,30-24+. The number of rotatable bonds is 12. The summed E-state index contributed by atoms with van der Waals surface area (Å²) >= 11 is 0. The van der Waals surface area contributed by atoms with Crippen LogP contribution < -0.4 is 9.80 Å². The molecular formula is C47H45BF2N4O4. The van der Waals surface area contributed by atoms with E-state index in [1.54, 1.807) is 92.8 Å². The number of aromatic nitrogens is 1. The Morgan fingerprint density at radius 2 is 1.17 bits per heavy atom. The number of nitrogens with zero attached hydrogens (tertiary/aromatic N) is 4. The highest BCUT2D eigenvalue weighted by atomic mass is 19.2. The molecule has 0 unspecified atom stereocenters. The Morgan fingerprint density at radius 1 is 0.672 bits per heavy atom. The van der Waals surface area contributed by atoms with Crippen LogP contribution in [-0.2, 0) is 14.3 Å². The fourth-order valence-electron chi connectivity index (χ4n) is 7.51. The molecule has 0 aliphatic carbocycles. The molecule has 0 fully saturated rings. The number of ether oxygens (including phenoxy) is 2. The van der Waals surface area contributed by atoms with Crippen molar-refractivity contribution in [3.8, 4) is 11.1 Å². The molecule has 4 aromatic carbocycles. The second-order valence-electron chi connectivity index (χ2n) is 14.3. The first-order valence-electron chi connectivity index (χ1n) is 19.3.